The molecule has 0 amide bonds. The first-order valence-corrected chi connectivity index (χ1v) is 10.9. The number of nitriles is 1. The van der Waals surface area contributed by atoms with Crippen LogP contribution in [0.25, 0.3) is 11.4 Å². The molecule has 1 aliphatic heterocycles. The second-order valence-corrected chi connectivity index (χ2v) is 8.89. The lowest BCUT2D eigenvalue weighted by molar-refractivity contribution is 0.124. The molecular weight excluding hydrogens is 404 g/mol. The van der Waals surface area contributed by atoms with Crippen LogP contribution in [0.2, 0.25) is 0 Å². The Morgan fingerprint density at radius 1 is 1.13 bits per heavy atom. The summed E-state index contributed by atoms with van der Waals surface area (Å²) in [4.78, 5) is 10.8. The summed E-state index contributed by atoms with van der Waals surface area (Å²) in [5.74, 6) is 0.962. The van der Waals surface area contributed by atoms with Gasteiger partial charge in [-0.25, -0.2) is 8.42 Å². The highest BCUT2D eigenvalue weighted by Gasteiger charge is 2.31. The molecule has 1 saturated heterocycles. The van der Waals surface area contributed by atoms with Crippen molar-refractivity contribution in [3.63, 3.8) is 0 Å². The molecule has 0 saturated carbocycles. The zero-order valence-electron chi connectivity index (χ0n) is 16.3. The second-order valence-electron chi connectivity index (χ2n) is 6.95. The van der Waals surface area contributed by atoms with Crippen LogP contribution in [-0.2, 0) is 10.0 Å². The molecule has 0 N–H and O–H groups in total. The fourth-order valence-corrected chi connectivity index (χ4v) is 4.78. The standard InChI is InChI=1S/C20H20N6O3S/c1-15(20-23-19(24-29-20)17-3-2-8-22-14-17)25-9-11-26(12-10-25)30(27,28)18-6-4-16(13-21)5-7-18/h2-8,14-15H,9-12H2,1H3. The number of hydrogen-bond acceptors (Lipinski definition) is 8. The highest BCUT2D eigenvalue weighted by Crippen LogP contribution is 2.25. The van der Waals surface area contributed by atoms with E-state index in [9.17, 15) is 8.42 Å². The third kappa shape index (κ3) is 3.95. The number of hydrogen-bond donors (Lipinski definition) is 0. The fourth-order valence-electron chi connectivity index (χ4n) is 3.36. The van der Waals surface area contributed by atoms with Crippen LogP contribution in [0.1, 0.15) is 24.4 Å². The number of aromatic nitrogens is 3. The Labute approximate surface area is 174 Å². The van der Waals surface area contributed by atoms with Gasteiger partial charge in [-0.05, 0) is 43.3 Å². The van der Waals surface area contributed by atoms with E-state index in [1.165, 1.54) is 28.6 Å². The number of sulfonamides is 1. The highest BCUT2D eigenvalue weighted by atomic mass is 32.2. The largest absolute Gasteiger partial charge is 0.337 e. The van der Waals surface area contributed by atoms with E-state index in [1.54, 1.807) is 12.4 Å². The molecule has 0 bridgehead atoms. The van der Waals surface area contributed by atoms with Gasteiger partial charge in [0, 0.05) is 44.1 Å². The minimum atomic E-state index is -3.59. The number of benzene rings is 1. The van der Waals surface area contributed by atoms with Gasteiger partial charge in [-0.3, -0.25) is 9.88 Å². The first kappa shape index (κ1) is 20.2. The lowest BCUT2D eigenvalue weighted by atomic mass is 10.2. The summed E-state index contributed by atoms with van der Waals surface area (Å²) in [5.41, 5.74) is 1.20. The van der Waals surface area contributed by atoms with Gasteiger partial charge >= 0.3 is 0 Å². The molecule has 1 aliphatic rings. The molecule has 0 radical (unpaired) electrons. The summed E-state index contributed by atoms with van der Waals surface area (Å²) in [6, 6.07) is 11.5. The average molecular weight is 424 g/mol. The SMILES string of the molecule is CC(c1nc(-c2cccnc2)no1)N1CCN(S(=O)(=O)c2ccc(C#N)cc2)CC1. The highest BCUT2D eigenvalue weighted by molar-refractivity contribution is 7.89. The lowest BCUT2D eigenvalue weighted by Crippen LogP contribution is -2.49. The number of piperazine rings is 1. The molecule has 30 heavy (non-hydrogen) atoms. The maximum absolute atomic E-state index is 12.9. The molecule has 154 valence electrons. The Morgan fingerprint density at radius 3 is 2.50 bits per heavy atom. The van der Waals surface area contributed by atoms with Crippen LogP contribution >= 0.6 is 0 Å². The normalized spacial score (nSPS) is 16.8. The lowest BCUT2D eigenvalue weighted by Gasteiger charge is -2.36. The molecule has 10 heteroatoms. The summed E-state index contributed by atoms with van der Waals surface area (Å²) in [6.07, 6.45) is 3.35. The Balaban J connectivity index is 1.41. The number of pyridine rings is 1. The molecule has 1 fully saturated rings. The van der Waals surface area contributed by atoms with Gasteiger partial charge in [-0.15, -0.1) is 0 Å². The van der Waals surface area contributed by atoms with Crippen molar-refractivity contribution >= 4 is 10.0 Å². The van der Waals surface area contributed by atoms with E-state index < -0.39 is 10.0 Å². The topological polar surface area (TPSA) is 116 Å². The van der Waals surface area contributed by atoms with Crippen LogP contribution in [0.5, 0.6) is 0 Å². The Hall–Kier alpha value is -3.13. The summed E-state index contributed by atoms with van der Waals surface area (Å²) in [5, 5.41) is 12.9. The summed E-state index contributed by atoms with van der Waals surface area (Å²) >= 11 is 0. The molecule has 1 unspecified atom stereocenters. The van der Waals surface area contributed by atoms with Gasteiger partial charge < -0.3 is 4.52 Å². The third-order valence-corrected chi connectivity index (χ3v) is 7.07. The molecule has 0 aliphatic carbocycles. The van der Waals surface area contributed by atoms with E-state index in [-0.39, 0.29) is 10.9 Å². The van der Waals surface area contributed by atoms with Gasteiger partial charge in [0.15, 0.2) is 0 Å². The molecule has 4 rings (SSSR count). The van der Waals surface area contributed by atoms with Gasteiger partial charge in [-0.2, -0.15) is 14.6 Å². The van der Waals surface area contributed by atoms with E-state index in [0.717, 1.165) is 5.56 Å². The predicted octanol–water partition coefficient (Wildman–Crippen LogP) is 2.07. The summed E-state index contributed by atoms with van der Waals surface area (Å²) < 4.78 is 32.6. The molecule has 9 nitrogen and oxygen atoms in total. The van der Waals surface area contributed by atoms with Crippen LogP contribution in [0.4, 0.5) is 0 Å². The number of rotatable bonds is 5. The van der Waals surface area contributed by atoms with Crippen LogP contribution in [-0.4, -0.2) is 58.9 Å². The monoisotopic (exact) mass is 424 g/mol. The van der Waals surface area contributed by atoms with Gasteiger partial charge in [0.05, 0.1) is 22.6 Å². The molecule has 1 aromatic carbocycles. The smallest absolute Gasteiger partial charge is 0.244 e. The zero-order chi connectivity index (χ0) is 21.1. The molecular formula is C20H20N6O3S. The minimum absolute atomic E-state index is 0.136. The first-order valence-electron chi connectivity index (χ1n) is 9.47. The first-order chi connectivity index (χ1) is 14.5. The minimum Gasteiger partial charge on any atom is -0.337 e. The van der Waals surface area contributed by atoms with Crippen molar-refractivity contribution in [2.75, 3.05) is 26.2 Å². The van der Waals surface area contributed by atoms with Crippen LogP contribution in [0.15, 0.2) is 58.2 Å². The van der Waals surface area contributed by atoms with E-state index in [4.69, 9.17) is 9.78 Å². The van der Waals surface area contributed by atoms with Crippen molar-refractivity contribution in [3.8, 4) is 17.5 Å². The Bertz CT molecular complexity index is 1150. The molecule has 3 heterocycles. The van der Waals surface area contributed by atoms with Crippen molar-refractivity contribution in [3.05, 3.63) is 60.2 Å². The van der Waals surface area contributed by atoms with Gasteiger partial charge in [0.2, 0.25) is 21.7 Å². The van der Waals surface area contributed by atoms with Gasteiger partial charge in [0.1, 0.15) is 0 Å². The fraction of sp³-hybridized carbons (Fsp3) is 0.300. The van der Waals surface area contributed by atoms with E-state index in [1.807, 2.05) is 25.1 Å². The van der Waals surface area contributed by atoms with E-state index >= 15 is 0 Å². The second kappa shape index (κ2) is 8.31. The quantitative estimate of drug-likeness (QED) is 0.611. The summed E-state index contributed by atoms with van der Waals surface area (Å²) in [6.45, 7) is 3.76. The Kier molecular flexibility index (Phi) is 5.59. The van der Waals surface area contributed by atoms with Crippen molar-refractivity contribution in [2.45, 2.75) is 17.9 Å². The van der Waals surface area contributed by atoms with Crippen LogP contribution in [0.3, 0.4) is 0 Å². The predicted molar refractivity (Wildman–Crippen MR) is 107 cm³/mol. The van der Waals surface area contributed by atoms with Gasteiger partial charge in [-0.1, -0.05) is 5.16 Å². The van der Waals surface area contributed by atoms with E-state index in [2.05, 4.69) is 20.0 Å². The number of nitrogens with zero attached hydrogens (tertiary/aromatic N) is 6. The summed E-state index contributed by atoms with van der Waals surface area (Å²) in [7, 11) is -3.59. The third-order valence-electron chi connectivity index (χ3n) is 5.16. The van der Waals surface area contributed by atoms with E-state index in [0.29, 0.717) is 43.5 Å². The maximum atomic E-state index is 12.9. The molecule has 2 aromatic heterocycles. The molecule has 0 spiro atoms. The maximum Gasteiger partial charge on any atom is 0.244 e. The van der Waals surface area contributed by atoms with Crippen molar-refractivity contribution in [1.29, 1.82) is 5.26 Å². The van der Waals surface area contributed by atoms with Crippen LogP contribution < -0.4 is 0 Å². The van der Waals surface area contributed by atoms with Crippen LogP contribution in [0, 0.1) is 11.3 Å². The van der Waals surface area contributed by atoms with Gasteiger partial charge in [0.25, 0.3) is 0 Å². The average Bonchev–Trinajstić information content (AvgIpc) is 3.30. The van der Waals surface area contributed by atoms with Crippen molar-refractivity contribution in [2.24, 2.45) is 0 Å². The molecule has 1 atom stereocenters. The zero-order valence-corrected chi connectivity index (χ0v) is 17.2. The molecule has 3 aromatic rings. The van der Waals surface area contributed by atoms with Crippen molar-refractivity contribution in [1.82, 2.24) is 24.3 Å². The van der Waals surface area contributed by atoms with Crippen molar-refractivity contribution < 1.29 is 12.9 Å². The Morgan fingerprint density at radius 2 is 1.87 bits per heavy atom.